The van der Waals surface area contributed by atoms with Crippen LogP contribution in [0.15, 0.2) is 24.3 Å². The number of aldehydes is 1. The van der Waals surface area contributed by atoms with Crippen LogP contribution in [-0.2, 0) is 0 Å². The number of hydrogen-bond donors (Lipinski definition) is 1. The molecule has 1 aromatic carbocycles. The summed E-state index contributed by atoms with van der Waals surface area (Å²) >= 11 is 0. The highest BCUT2D eigenvalue weighted by Gasteiger charge is 2.44. The molecule has 0 saturated carbocycles. The minimum absolute atomic E-state index is 0.0604. The van der Waals surface area contributed by atoms with Crippen LogP contribution in [0.3, 0.4) is 0 Å². The number of ether oxygens (including phenoxy) is 1. The second-order valence-electron chi connectivity index (χ2n) is 5.47. The van der Waals surface area contributed by atoms with Gasteiger partial charge in [-0.3, -0.25) is 4.79 Å². The molecule has 0 radical (unpaired) electrons. The summed E-state index contributed by atoms with van der Waals surface area (Å²) < 4.78 is 5.93. The highest BCUT2D eigenvalue weighted by atomic mass is 16.5. The molecule has 0 aromatic heterocycles. The Morgan fingerprint density at radius 1 is 1.20 bits per heavy atom. The molecular weight excluding hydrogens is 258 g/mol. The molecule has 1 N–H and O–H groups in total. The standard InChI is InChI=1S/C15H17NO4/c17-9-10-1-5-13(6-2-10)20-14-7-11-3-4-12(8-14)16(11)15(18)19/h1-2,5-6,9,11-12,14H,3-4,7-8H2,(H,18,19)/t11-,12+,14-. The number of fused-ring (bicyclic) bond motifs is 2. The number of benzene rings is 1. The Bertz CT molecular complexity index is 499. The lowest BCUT2D eigenvalue weighted by atomic mass is 10.0. The summed E-state index contributed by atoms with van der Waals surface area (Å²) in [7, 11) is 0. The van der Waals surface area contributed by atoms with E-state index in [2.05, 4.69) is 0 Å². The van der Waals surface area contributed by atoms with Crippen molar-refractivity contribution in [3.63, 3.8) is 0 Å². The molecule has 1 aromatic rings. The fraction of sp³-hybridized carbons (Fsp3) is 0.467. The number of carbonyl (C=O) groups is 2. The molecule has 20 heavy (non-hydrogen) atoms. The van der Waals surface area contributed by atoms with E-state index in [4.69, 9.17) is 4.74 Å². The summed E-state index contributed by atoms with van der Waals surface area (Å²) in [6, 6.07) is 7.20. The second kappa shape index (κ2) is 5.15. The molecule has 5 heteroatoms. The van der Waals surface area contributed by atoms with Crippen LogP contribution < -0.4 is 4.74 Å². The van der Waals surface area contributed by atoms with Gasteiger partial charge in [0.15, 0.2) is 0 Å². The van der Waals surface area contributed by atoms with Crippen LogP contribution in [0, 0.1) is 0 Å². The van der Waals surface area contributed by atoms with Gasteiger partial charge in [0.25, 0.3) is 0 Å². The van der Waals surface area contributed by atoms with Crippen molar-refractivity contribution in [2.75, 3.05) is 0 Å². The number of carbonyl (C=O) groups excluding carboxylic acids is 1. The Labute approximate surface area is 117 Å². The van der Waals surface area contributed by atoms with Gasteiger partial charge in [-0.25, -0.2) is 4.79 Å². The zero-order chi connectivity index (χ0) is 14.1. The van der Waals surface area contributed by atoms with Crippen molar-refractivity contribution in [1.82, 2.24) is 4.90 Å². The molecule has 106 valence electrons. The van der Waals surface area contributed by atoms with E-state index < -0.39 is 6.09 Å². The largest absolute Gasteiger partial charge is 0.490 e. The summed E-state index contributed by atoms with van der Waals surface area (Å²) in [4.78, 5) is 23.4. The third-order valence-corrected chi connectivity index (χ3v) is 4.23. The Morgan fingerprint density at radius 2 is 1.80 bits per heavy atom. The van der Waals surface area contributed by atoms with Crippen molar-refractivity contribution < 1.29 is 19.4 Å². The molecule has 2 aliphatic rings. The van der Waals surface area contributed by atoms with Crippen LogP contribution in [0.5, 0.6) is 5.75 Å². The van der Waals surface area contributed by atoms with Crippen molar-refractivity contribution in [3.8, 4) is 5.75 Å². The van der Waals surface area contributed by atoms with Gasteiger partial charge in [0.05, 0.1) is 0 Å². The second-order valence-corrected chi connectivity index (χ2v) is 5.47. The van der Waals surface area contributed by atoms with Crippen LogP contribution >= 0.6 is 0 Å². The van der Waals surface area contributed by atoms with Gasteiger partial charge in [-0.1, -0.05) is 0 Å². The maximum atomic E-state index is 11.2. The summed E-state index contributed by atoms with van der Waals surface area (Å²) in [5, 5.41) is 9.20. The van der Waals surface area contributed by atoms with Gasteiger partial charge in [-0.2, -0.15) is 0 Å². The number of hydrogen-bond acceptors (Lipinski definition) is 3. The van der Waals surface area contributed by atoms with E-state index in [9.17, 15) is 14.7 Å². The molecule has 2 saturated heterocycles. The molecule has 3 rings (SSSR count). The number of piperidine rings is 1. The van der Waals surface area contributed by atoms with Crippen LogP contribution in [-0.4, -0.2) is 40.6 Å². The minimum Gasteiger partial charge on any atom is -0.490 e. The highest BCUT2D eigenvalue weighted by molar-refractivity contribution is 5.74. The third-order valence-electron chi connectivity index (χ3n) is 4.23. The lowest BCUT2D eigenvalue weighted by Gasteiger charge is -2.37. The van der Waals surface area contributed by atoms with Crippen LogP contribution in [0.2, 0.25) is 0 Å². The molecule has 0 unspecified atom stereocenters. The minimum atomic E-state index is -0.814. The summed E-state index contributed by atoms with van der Waals surface area (Å²) in [6.45, 7) is 0. The first kappa shape index (κ1) is 13.0. The first-order valence-electron chi connectivity index (χ1n) is 6.90. The number of nitrogens with zero attached hydrogens (tertiary/aromatic N) is 1. The molecule has 2 bridgehead atoms. The monoisotopic (exact) mass is 275 g/mol. The summed E-state index contributed by atoms with van der Waals surface area (Å²) in [5.41, 5.74) is 0.623. The van der Waals surface area contributed by atoms with Crippen molar-refractivity contribution >= 4 is 12.4 Å². The topological polar surface area (TPSA) is 66.8 Å². The zero-order valence-corrected chi connectivity index (χ0v) is 11.1. The average Bonchev–Trinajstić information content (AvgIpc) is 2.72. The van der Waals surface area contributed by atoms with Crippen molar-refractivity contribution in [3.05, 3.63) is 29.8 Å². The van der Waals surface area contributed by atoms with E-state index in [1.54, 1.807) is 29.2 Å². The Kier molecular flexibility index (Phi) is 3.34. The highest BCUT2D eigenvalue weighted by Crippen LogP contribution is 2.37. The summed E-state index contributed by atoms with van der Waals surface area (Å²) in [5.74, 6) is 0.740. The average molecular weight is 275 g/mol. The fourth-order valence-electron chi connectivity index (χ4n) is 3.35. The first-order valence-corrected chi connectivity index (χ1v) is 6.90. The van der Waals surface area contributed by atoms with E-state index >= 15 is 0 Å². The Balaban J connectivity index is 1.65. The van der Waals surface area contributed by atoms with E-state index in [-0.39, 0.29) is 18.2 Å². The van der Waals surface area contributed by atoms with Gasteiger partial charge >= 0.3 is 6.09 Å². The molecule has 3 atom stereocenters. The third kappa shape index (κ3) is 2.35. The van der Waals surface area contributed by atoms with Crippen LogP contribution in [0.4, 0.5) is 4.79 Å². The predicted octanol–water partition coefficient (Wildman–Crippen LogP) is 2.55. The Hall–Kier alpha value is -2.04. The van der Waals surface area contributed by atoms with Gasteiger partial charge < -0.3 is 14.7 Å². The molecule has 2 fully saturated rings. The van der Waals surface area contributed by atoms with Gasteiger partial charge in [-0.15, -0.1) is 0 Å². The van der Waals surface area contributed by atoms with E-state index in [1.807, 2.05) is 0 Å². The number of amides is 1. The molecule has 0 aliphatic carbocycles. The quantitative estimate of drug-likeness (QED) is 0.861. The van der Waals surface area contributed by atoms with Gasteiger partial charge in [0.1, 0.15) is 18.1 Å². The van der Waals surface area contributed by atoms with Crippen molar-refractivity contribution in [2.45, 2.75) is 43.9 Å². The number of carboxylic acid groups (broad SMARTS) is 1. The molecule has 2 heterocycles. The van der Waals surface area contributed by atoms with E-state index in [0.717, 1.165) is 37.7 Å². The molecule has 1 amide bonds. The van der Waals surface area contributed by atoms with Crippen LogP contribution in [0.1, 0.15) is 36.0 Å². The van der Waals surface area contributed by atoms with Gasteiger partial charge in [-0.05, 0) is 37.1 Å². The maximum absolute atomic E-state index is 11.2. The maximum Gasteiger partial charge on any atom is 0.407 e. The molecule has 5 nitrogen and oxygen atoms in total. The Morgan fingerprint density at radius 3 is 2.30 bits per heavy atom. The zero-order valence-electron chi connectivity index (χ0n) is 11.1. The van der Waals surface area contributed by atoms with Crippen molar-refractivity contribution in [1.29, 1.82) is 0 Å². The SMILES string of the molecule is O=Cc1ccc(O[C@@H]2C[C@H]3CC[C@@H](C2)N3C(=O)O)cc1. The lowest BCUT2D eigenvalue weighted by molar-refractivity contribution is 0.0496. The first-order chi connectivity index (χ1) is 9.67. The smallest absolute Gasteiger partial charge is 0.407 e. The normalized spacial score (nSPS) is 28.2. The van der Waals surface area contributed by atoms with E-state index in [0.29, 0.717) is 5.56 Å². The number of rotatable bonds is 3. The lowest BCUT2D eigenvalue weighted by Crippen LogP contribution is -2.48. The molecule has 2 aliphatic heterocycles. The van der Waals surface area contributed by atoms with Gasteiger partial charge in [0, 0.05) is 30.5 Å². The molecular formula is C15H17NO4. The summed E-state index contributed by atoms with van der Waals surface area (Å²) in [6.07, 6.45) is 3.41. The van der Waals surface area contributed by atoms with Crippen LogP contribution in [0.25, 0.3) is 0 Å². The van der Waals surface area contributed by atoms with Crippen molar-refractivity contribution in [2.24, 2.45) is 0 Å². The predicted molar refractivity (Wildman–Crippen MR) is 72.2 cm³/mol. The fourth-order valence-corrected chi connectivity index (χ4v) is 3.35. The van der Waals surface area contributed by atoms with E-state index in [1.165, 1.54) is 0 Å². The molecule has 0 spiro atoms. The van der Waals surface area contributed by atoms with Gasteiger partial charge in [0.2, 0.25) is 0 Å².